The van der Waals surface area contributed by atoms with E-state index in [1.165, 1.54) is 13.0 Å². The van der Waals surface area contributed by atoms with Crippen LogP contribution in [0.3, 0.4) is 0 Å². The van der Waals surface area contributed by atoms with E-state index in [2.05, 4.69) is 6.58 Å². The van der Waals surface area contributed by atoms with E-state index >= 15 is 0 Å². The molecule has 2 aliphatic carbocycles. The molecule has 2 rings (SSSR count). The van der Waals surface area contributed by atoms with Gasteiger partial charge in [0, 0.05) is 19.4 Å². The Morgan fingerprint density at radius 2 is 2.09 bits per heavy atom. The Labute approximate surface area is 135 Å². The Hall–Kier alpha value is -1.50. The zero-order valence-electron chi connectivity index (χ0n) is 13.7. The van der Waals surface area contributed by atoms with Gasteiger partial charge in [-0.05, 0) is 41.9 Å². The number of aliphatic hydroxyl groups is 3. The average Bonchev–Trinajstić information content (AvgIpc) is 2.49. The van der Waals surface area contributed by atoms with E-state index in [1.807, 2.05) is 6.92 Å². The number of rotatable bonds is 2. The molecule has 0 radical (unpaired) electrons. The van der Waals surface area contributed by atoms with Gasteiger partial charge in [-0.1, -0.05) is 13.5 Å². The Bertz CT molecular complexity index is 565. The maximum absolute atomic E-state index is 12.6. The predicted octanol–water partition coefficient (Wildman–Crippen LogP) is 0.360. The third-order valence-corrected chi connectivity index (χ3v) is 5.17. The summed E-state index contributed by atoms with van der Waals surface area (Å²) < 4.78 is 5.04. The molecule has 0 aromatic rings. The van der Waals surface area contributed by atoms with Crippen molar-refractivity contribution in [1.82, 2.24) is 0 Å². The number of esters is 1. The van der Waals surface area contributed by atoms with Crippen molar-refractivity contribution in [3.05, 3.63) is 23.8 Å². The van der Waals surface area contributed by atoms with Crippen LogP contribution < -0.4 is 0 Å². The van der Waals surface area contributed by atoms with Crippen LogP contribution in [0, 0.1) is 17.3 Å². The fraction of sp³-hybridized carbons (Fsp3) is 0.647. The highest BCUT2D eigenvalue weighted by atomic mass is 16.5. The molecule has 0 heterocycles. The van der Waals surface area contributed by atoms with Crippen molar-refractivity contribution >= 4 is 11.8 Å². The summed E-state index contributed by atoms with van der Waals surface area (Å²) in [7, 11) is 0. The van der Waals surface area contributed by atoms with Crippen LogP contribution in [-0.4, -0.2) is 52.0 Å². The first kappa shape index (κ1) is 17.8. The smallest absolute Gasteiger partial charge is 0.303 e. The molecule has 6 heteroatoms. The van der Waals surface area contributed by atoms with E-state index in [-0.39, 0.29) is 18.1 Å². The Kier molecular flexibility index (Phi) is 4.80. The fourth-order valence-electron chi connectivity index (χ4n) is 3.76. The van der Waals surface area contributed by atoms with E-state index in [1.54, 1.807) is 6.92 Å². The van der Waals surface area contributed by atoms with E-state index in [4.69, 9.17) is 4.74 Å². The molecular formula is C17H24O6. The van der Waals surface area contributed by atoms with Gasteiger partial charge in [0.2, 0.25) is 5.78 Å². The highest BCUT2D eigenvalue weighted by Crippen LogP contribution is 2.56. The maximum atomic E-state index is 12.6. The second-order valence-electron chi connectivity index (χ2n) is 6.91. The second-order valence-corrected chi connectivity index (χ2v) is 6.91. The van der Waals surface area contributed by atoms with Gasteiger partial charge >= 0.3 is 5.97 Å². The van der Waals surface area contributed by atoms with Crippen molar-refractivity contribution in [2.45, 2.75) is 45.5 Å². The van der Waals surface area contributed by atoms with Gasteiger partial charge in [-0.15, -0.1) is 0 Å². The van der Waals surface area contributed by atoms with Gasteiger partial charge in [-0.2, -0.15) is 0 Å². The molecule has 0 aromatic carbocycles. The summed E-state index contributed by atoms with van der Waals surface area (Å²) >= 11 is 0. The summed E-state index contributed by atoms with van der Waals surface area (Å²) in [4.78, 5) is 23.8. The number of ketones is 1. The fourth-order valence-corrected chi connectivity index (χ4v) is 3.76. The van der Waals surface area contributed by atoms with Crippen LogP contribution in [0.4, 0.5) is 0 Å². The topological polar surface area (TPSA) is 104 Å². The normalized spacial score (nSPS) is 41.0. The molecule has 0 amide bonds. The number of hydrogen-bond acceptors (Lipinski definition) is 6. The summed E-state index contributed by atoms with van der Waals surface area (Å²) in [5, 5.41) is 30.5. The van der Waals surface area contributed by atoms with E-state index < -0.39 is 41.4 Å². The summed E-state index contributed by atoms with van der Waals surface area (Å²) in [5.74, 6) is -1.89. The first-order chi connectivity index (χ1) is 10.6. The maximum Gasteiger partial charge on any atom is 0.303 e. The largest absolute Gasteiger partial charge is 0.450 e. The van der Waals surface area contributed by atoms with Crippen LogP contribution in [0.15, 0.2) is 23.8 Å². The standard InChI is InChI=1S/C17H24O6/c1-8-5-12(23-10(3)19)15(21)9(2)11-6-17(4,7-18)13(11)16(22)14(8)20/h5,11-14,16,18,20,22H,2,6-7H2,1,3-4H3/t11-,12-,13-,14-,16+,17-/m1/s1. The molecule has 0 bridgehead atoms. The number of aliphatic hydroxyl groups excluding tert-OH is 3. The predicted molar refractivity (Wildman–Crippen MR) is 82.3 cm³/mol. The molecule has 0 spiro atoms. The average molecular weight is 324 g/mol. The molecule has 0 aliphatic heterocycles. The second kappa shape index (κ2) is 6.19. The van der Waals surface area contributed by atoms with Gasteiger partial charge in [0.15, 0.2) is 6.10 Å². The molecular weight excluding hydrogens is 300 g/mol. The van der Waals surface area contributed by atoms with E-state index in [0.29, 0.717) is 12.0 Å². The third kappa shape index (κ3) is 2.98. The Balaban J connectivity index is 2.44. The van der Waals surface area contributed by atoms with Crippen molar-refractivity contribution in [3.8, 4) is 0 Å². The van der Waals surface area contributed by atoms with Crippen molar-refractivity contribution in [1.29, 1.82) is 0 Å². The lowest BCUT2D eigenvalue weighted by atomic mass is 9.50. The number of carbonyl (C=O) groups excluding carboxylic acids is 2. The number of Topliss-reactive ketones (excluding diaryl/α,β-unsaturated/α-hetero) is 1. The van der Waals surface area contributed by atoms with Gasteiger partial charge in [-0.3, -0.25) is 9.59 Å². The van der Waals surface area contributed by atoms with Crippen LogP contribution in [0.5, 0.6) is 0 Å². The highest BCUT2D eigenvalue weighted by molar-refractivity contribution is 6.01. The molecule has 0 aromatic heterocycles. The lowest BCUT2D eigenvalue weighted by molar-refractivity contribution is -0.152. The van der Waals surface area contributed by atoms with Gasteiger partial charge < -0.3 is 20.1 Å². The summed E-state index contributed by atoms with van der Waals surface area (Å²) in [6.07, 6.45) is -1.66. The van der Waals surface area contributed by atoms with Crippen molar-refractivity contribution in [3.63, 3.8) is 0 Å². The molecule has 0 saturated heterocycles. The molecule has 1 fully saturated rings. The monoisotopic (exact) mass is 324 g/mol. The van der Waals surface area contributed by atoms with Crippen LogP contribution in [0.25, 0.3) is 0 Å². The van der Waals surface area contributed by atoms with Crippen LogP contribution in [-0.2, 0) is 14.3 Å². The minimum Gasteiger partial charge on any atom is -0.450 e. The zero-order chi connectivity index (χ0) is 17.5. The lowest BCUT2D eigenvalue weighted by Crippen LogP contribution is -2.57. The molecule has 6 nitrogen and oxygen atoms in total. The van der Waals surface area contributed by atoms with Crippen LogP contribution >= 0.6 is 0 Å². The number of fused-ring (bicyclic) bond motifs is 1. The van der Waals surface area contributed by atoms with Gasteiger partial charge in [0.05, 0.1) is 6.10 Å². The molecule has 128 valence electrons. The summed E-state index contributed by atoms with van der Waals surface area (Å²) in [6.45, 7) is 8.24. The highest BCUT2D eigenvalue weighted by Gasteiger charge is 2.57. The van der Waals surface area contributed by atoms with Crippen molar-refractivity contribution < 1.29 is 29.6 Å². The van der Waals surface area contributed by atoms with Gasteiger partial charge in [0.1, 0.15) is 6.10 Å². The molecule has 1 saturated carbocycles. The number of carbonyl (C=O) groups is 2. The first-order valence-electron chi connectivity index (χ1n) is 7.68. The van der Waals surface area contributed by atoms with Gasteiger partial charge in [0.25, 0.3) is 0 Å². The summed E-state index contributed by atoms with van der Waals surface area (Å²) in [6, 6.07) is 0. The number of hydrogen-bond donors (Lipinski definition) is 3. The Morgan fingerprint density at radius 3 is 2.61 bits per heavy atom. The third-order valence-electron chi connectivity index (χ3n) is 5.17. The molecule has 2 aliphatic rings. The van der Waals surface area contributed by atoms with E-state index in [0.717, 1.165) is 0 Å². The van der Waals surface area contributed by atoms with E-state index in [9.17, 15) is 24.9 Å². The van der Waals surface area contributed by atoms with Gasteiger partial charge in [-0.25, -0.2) is 0 Å². The number of ether oxygens (including phenoxy) is 1. The summed E-state index contributed by atoms with van der Waals surface area (Å²) in [5.41, 5.74) is 0.0117. The minimum absolute atomic E-state index is 0.157. The molecule has 6 atom stereocenters. The lowest BCUT2D eigenvalue weighted by Gasteiger charge is -2.55. The molecule has 3 N–H and O–H groups in total. The molecule has 0 unspecified atom stereocenters. The minimum atomic E-state index is -1.20. The van der Waals surface area contributed by atoms with Crippen LogP contribution in [0.1, 0.15) is 27.2 Å². The molecule has 23 heavy (non-hydrogen) atoms. The zero-order valence-corrected chi connectivity index (χ0v) is 13.7. The Morgan fingerprint density at radius 1 is 1.48 bits per heavy atom. The first-order valence-corrected chi connectivity index (χ1v) is 7.68. The quantitative estimate of drug-likeness (QED) is 0.385. The van der Waals surface area contributed by atoms with Crippen molar-refractivity contribution in [2.24, 2.45) is 17.3 Å². The van der Waals surface area contributed by atoms with Crippen LogP contribution in [0.2, 0.25) is 0 Å². The SMILES string of the molecule is C=C1C(=O)[C@H](OC(C)=O)C=C(C)[C@@H](O)[C@@H](O)[C@H]2[C@@H]1C[C@]2(C)CO. The van der Waals surface area contributed by atoms with Crippen molar-refractivity contribution in [2.75, 3.05) is 6.61 Å².